The lowest BCUT2D eigenvalue weighted by Crippen LogP contribution is -2.57. The van der Waals surface area contributed by atoms with Crippen LogP contribution in [0.25, 0.3) is 0 Å². The van der Waals surface area contributed by atoms with Gasteiger partial charge in [0.15, 0.2) is 0 Å². The zero-order chi connectivity index (χ0) is 29.2. The van der Waals surface area contributed by atoms with E-state index < -0.39 is 35.0 Å². The fraction of sp³-hybridized carbons (Fsp3) is 0.581. The van der Waals surface area contributed by atoms with Crippen LogP contribution in [0.3, 0.4) is 0 Å². The maximum atomic E-state index is 14.7. The predicted molar refractivity (Wildman–Crippen MR) is 154 cm³/mol. The van der Waals surface area contributed by atoms with E-state index in [1.807, 2.05) is 32.9 Å². The number of hydrogen-bond acceptors (Lipinski definition) is 6. The fourth-order valence-electron chi connectivity index (χ4n) is 7.13. The van der Waals surface area contributed by atoms with Crippen molar-refractivity contribution in [2.75, 3.05) is 31.2 Å². The molecule has 2 bridgehead atoms. The van der Waals surface area contributed by atoms with Crippen molar-refractivity contribution < 1.29 is 29.0 Å². The van der Waals surface area contributed by atoms with Crippen LogP contribution >= 0.6 is 11.6 Å². The predicted octanol–water partition coefficient (Wildman–Crippen LogP) is 4.46. The zero-order valence-corrected chi connectivity index (χ0v) is 24.5. The third kappa shape index (κ3) is 4.88. The van der Waals surface area contributed by atoms with Crippen molar-refractivity contribution >= 4 is 35.1 Å². The fourth-order valence-corrected chi connectivity index (χ4v) is 7.45. The summed E-state index contributed by atoms with van der Waals surface area (Å²) in [5.41, 5.74) is -0.745. The highest BCUT2D eigenvalue weighted by atomic mass is 35.5. The molecule has 9 heteroatoms. The second-order valence-electron chi connectivity index (χ2n) is 11.4. The summed E-state index contributed by atoms with van der Waals surface area (Å²) in [4.78, 5) is 45.6. The average Bonchev–Trinajstić information content (AvgIpc) is 3.42. The summed E-state index contributed by atoms with van der Waals surface area (Å²) in [5, 5.41) is 9.59. The third-order valence-electron chi connectivity index (χ3n) is 8.99. The molecule has 2 amide bonds. The summed E-state index contributed by atoms with van der Waals surface area (Å²) in [6, 6.07) is 4.50. The van der Waals surface area contributed by atoms with E-state index in [2.05, 4.69) is 13.2 Å². The smallest absolute Gasteiger partial charge is 0.313 e. The second kappa shape index (κ2) is 12.0. The van der Waals surface area contributed by atoms with E-state index in [0.717, 1.165) is 18.4 Å². The Hall–Kier alpha value is -2.68. The van der Waals surface area contributed by atoms with Gasteiger partial charge in [-0.15, -0.1) is 6.58 Å². The first-order valence-electron chi connectivity index (χ1n) is 14.2. The van der Waals surface area contributed by atoms with E-state index in [4.69, 9.17) is 26.2 Å². The normalized spacial score (nSPS) is 30.3. The lowest BCUT2D eigenvalue weighted by atomic mass is 9.62. The molecule has 4 rings (SSSR count). The van der Waals surface area contributed by atoms with Crippen molar-refractivity contribution in [2.24, 2.45) is 17.8 Å². The number of ether oxygens (including phenoxy) is 2. The van der Waals surface area contributed by atoms with Crippen LogP contribution in [-0.2, 0) is 23.9 Å². The average molecular weight is 573 g/mol. The lowest BCUT2D eigenvalue weighted by molar-refractivity contribution is -0.160. The number of benzene rings is 1. The van der Waals surface area contributed by atoms with Crippen LogP contribution in [0.15, 0.2) is 43.5 Å². The Bertz CT molecular complexity index is 1150. The van der Waals surface area contributed by atoms with E-state index in [0.29, 0.717) is 36.5 Å². The summed E-state index contributed by atoms with van der Waals surface area (Å²) < 4.78 is 12.3. The molecule has 3 aliphatic rings. The molecule has 8 nitrogen and oxygen atoms in total. The van der Waals surface area contributed by atoms with E-state index >= 15 is 0 Å². The molecular weight excluding hydrogens is 532 g/mol. The van der Waals surface area contributed by atoms with Gasteiger partial charge in [0, 0.05) is 19.7 Å². The highest BCUT2D eigenvalue weighted by Gasteiger charge is 2.80. The number of rotatable bonds is 13. The Morgan fingerprint density at radius 1 is 1.25 bits per heavy atom. The largest absolute Gasteiger partial charge is 0.461 e. The molecule has 1 aromatic rings. The first kappa shape index (κ1) is 30.3. The van der Waals surface area contributed by atoms with Gasteiger partial charge in [-0.3, -0.25) is 14.4 Å². The number of aryl methyl sites for hydroxylation is 1. The van der Waals surface area contributed by atoms with Crippen LogP contribution in [0, 0.1) is 24.7 Å². The number of esters is 1. The molecule has 3 fully saturated rings. The van der Waals surface area contributed by atoms with Crippen molar-refractivity contribution in [2.45, 2.75) is 70.1 Å². The number of aliphatic hydroxyl groups is 1. The molecule has 1 aromatic carbocycles. The monoisotopic (exact) mass is 572 g/mol. The first-order valence-corrected chi connectivity index (χ1v) is 14.5. The van der Waals surface area contributed by atoms with Gasteiger partial charge in [0.25, 0.3) is 5.91 Å². The van der Waals surface area contributed by atoms with Gasteiger partial charge in [0.2, 0.25) is 5.91 Å². The molecule has 0 saturated carbocycles. The van der Waals surface area contributed by atoms with E-state index in [-0.39, 0.29) is 37.5 Å². The summed E-state index contributed by atoms with van der Waals surface area (Å²) in [7, 11) is 0. The lowest BCUT2D eigenvalue weighted by Gasteiger charge is -2.37. The van der Waals surface area contributed by atoms with Gasteiger partial charge in [-0.1, -0.05) is 62.2 Å². The number of aliphatic hydroxyl groups excluding tert-OH is 1. The van der Waals surface area contributed by atoms with Gasteiger partial charge in [-0.2, -0.15) is 0 Å². The van der Waals surface area contributed by atoms with E-state index in [1.54, 1.807) is 21.9 Å². The molecule has 3 aliphatic heterocycles. The Morgan fingerprint density at radius 2 is 1.98 bits per heavy atom. The van der Waals surface area contributed by atoms with Gasteiger partial charge in [-0.25, -0.2) is 0 Å². The molecule has 3 saturated heterocycles. The SMILES string of the molecule is C=CCOC(=O)[C@H]1[C@H]2C(=O)N(CCCCCCO)C(C(=O)N(CC=C)c3c(C)cccc3Cl)C23CC(C)[C@]1(C)O3. The molecule has 1 N–H and O–H groups in total. The zero-order valence-electron chi connectivity index (χ0n) is 23.7. The molecule has 0 aliphatic carbocycles. The van der Waals surface area contributed by atoms with Crippen LogP contribution < -0.4 is 4.90 Å². The number of unbranched alkanes of at least 4 members (excludes halogenated alkanes) is 3. The molecule has 3 unspecified atom stereocenters. The molecule has 6 atom stereocenters. The van der Waals surface area contributed by atoms with Crippen LogP contribution in [0.4, 0.5) is 5.69 Å². The van der Waals surface area contributed by atoms with Crippen molar-refractivity contribution in [3.63, 3.8) is 0 Å². The van der Waals surface area contributed by atoms with Crippen molar-refractivity contribution in [1.29, 1.82) is 0 Å². The van der Waals surface area contributed by atoms with Gasteiger partial charge in [-0.05, 0) is 50.7 Å². The minimum absolute atomic E-state index is 0.0313. The number of likely N-dealkylation sites (tertiary alicyclic amines) is 1. The number of halogens is 1. The highest BCUT2D eigenvalue weighted by Crippen LogP contribution is 2.65. The number of carbonyl (C=O) groups is 3. The number of para-hydroxylation sites is 1. The number of nitrogens with zero attached hydrogens (tertiary/aromatic N) is 2. The molecule has 218 valence electrons. The number of fused-ring (bicyclic) bond motifs is 1. The van der Waals surface area contributed by atoms with Gasteiger partial charge in [0.05, 0.1) is 22.2 Å². The van der Waals surface area contributed by atoms with Crippen LogP contribution in [0.2, 0.25) is 5.02 Å². The minimum atomic E-state index is -1.18. The van der Waals surface area contributed by atoms with E-state index in [9.17, 15) is 14.4 Å². The van der Waals surface area contributed by atoms with Crippen molar-refractivity contribution in [3.05, 3.63) is 54.1 Å². The Labute approximate surface area is 241 Å². The van der Waals surface area contributed by atoms with Crippen LogP contribution in [0.5, 0.6) is 0 Å². The quantitative estimate of drug-likeness (QED) is 0.213. The number of hydrogen-bond donors (Lipinski definition) is 1. The van der Waals surface area contributed by atoms with Crippen LogP contribution in [-0.4, -0.2) is 71.3 Å². The second-order valence-corrected chi connectivity index (χ2v) is 11.8. The third-order valence-corrected chi connectivity index (χ3v) is 9.29. The summed E-state index contributed by atoms with van der Waals surface area (Å²) >= 11 is 6.62. The summed E-state index contributed by atoms with van der Waals surface area (Å²) in [6.45, 7) is 13.9. The first-order chi connectivity index (χ1) is 19.1. The molecule has 0 aromatic heterocycles. The standard InChI is InChI=1S/C31H41ClN2O6/c1-6-15-33(25-20(3)13-12-14-22(25)32)28(37)26-31-19-21(4)30(5,40-31)24(29(38)39-18-7-2)23(31)27(36)34(26)16-10-8-9-11-17-35/h6-7,12-14,21,23-24,26,35H,1-2,8-11,15-19H2,3-5H3/t21?,23-,24+,26?,30-,31?/m0/s1. The van der Waals surface area contributed by atoms with Crippen LogP contribution in [0.1, 0.15) is 51.5 Å². The van der Waals surface area contributed by atoms with Gasteiger partial charge >= 0.3 is 5.97 Å². The molecule has 3 heterocycles. The van der Waals surface area contributed by atoms with Gasteiger partial charge < -0.3 is 24.4 Å². The Kier molecular flexibility index (Phi) is 9.12. The topological polar surface area (TPSA) is 96.4 Å². The summed E-state index contributed by atoms with van der Waals surface area (Å²) in [6.07, 6.45) is 6.54. The molecule has 0 radical (unpaired) electrons. The Morgan fingerprint density at radius 3 is 2.62 bits per heavy atom. The highest BCUT2D eigenvalue weighted by molar-refractivity contribution is 6.34. The minimum Gasteiger partial charge on any atom is -0.461 e. The Balaban J connectivity index is 1.79. The van der Waals surface area contributed by atoms with Gasteiger partial charge in [0.1, 0.15) is 24.2 Å². The number of carbonyl (C=O) groups excluding carboxylic acids is 3. The molecule has 1 spiro atoms. The molecular formula is C31H41ClN2O6. The number of amides is 2. The maximum Gasteiger partial charge on any atom is 0.313 e. The van der Waals surface area contributed by atoms with E-state index in [1.165, 1.54) is 6.08 Å². The summed E-state index contributed by atoms with van der Waals surface area (Å²) in [5.74, 6) is -2.84. The van der Waals surface area contributed by atoms with Crippen molar-refractivity contribution in [1.82, 2.24) is 4.90 Å². The maximum absolute atomic E-state index is 14.7. The molecule has 40 heavy (non-hydrogen) atoms. The van der Waals surface area contributed by atoms with Crippen molar-refractivity contribution in [3.8, 4) is 0 Å². The number of anilines is 1.